The highest BCUT2D eigenvalue weighted by molar-refractivity contribution is 5.64. The van der Waals surface area contributed by atoms with E-state index >= 15 is 0 Å². The van der Waals surface area contributed by atoms with E-state index in [4.69, 9.17) is 4.74 Å². The number of benzene rings is 2. The molecule has 2 saturated heterocycles. The molecule has 0 bridgehead atoms. The number of anilines is 3. The van der Waals surface area contributed by atoms with Gasteiger partial charge in [-0.25, -0.2) is 13.5 Å². The Kier molecular flexibility index (Phi) is 5.52. The molecule has 1 N–H and O–H groups in total. The second-order valence-corrected chi connectivity index (χ2v) is 7.80. The van der Waals surface area contributed by atoms with Crippen LogP contribution in [0.15, 0.2) is 54.9 Å². The number of piperazine rings is 1. The van der Waals surface area contributed by atoms with Crippen molar-refractivity contribution in [1.29, 1.82) is 0 Å². The molecule has 5 rings (SSSR count). The average Bonchev–Trinajstić information content (AvgIpc) is 3.22. The Morgan fingerprint density at radius 2 is 1.77 bits per heavy atom. The van der Waals surface area contributed by atoms with Gasteiger partial charge in [0.05, 0.1) is 24.9 Å². The lowest BCUT2D eigenvalue weighted by atomic mass is 10.1. The molecule has 3 heterocycles. The Hall–Kier alpha value is -3.04. The second-order valence-electron chi connectivity index (χ2n) is 7.80. The number of para-hydroxylation sites is 1. The molecule has 1 aromatic heterocycles. The van der Waals surface area contributed by atoms with E-state index in [2.05, 4.69) is 25.2 Å². The van der Waals surface area contributed by atoms with Crippen LogP contribution in [0.25, 0.3) is 5.69 Å². The first-order valence-electron chi connectivity index (χ1n) is 10.4. The number of aromatic nitrogens is 3. The Morgan fingerprint density at radius 1 is 1.00 bits per heavy atom. The summed E-state index contributed by atoms with van der Waals surface area (Å²) in [5.41, 5.74) is 2.19. The first-order valence-corrected chi connectivity index (χ1v) is 10.4. The van der Waals surface area contributed by atoms with E-state index < -0.39 is 6.43 Å². The number of ether oxygens (including phenoxy) is 1. The van der Waals surface area contributed by atoms with Crippen LogP contribution in [0.5, 0.6) is 0 Å². The molecule has 3 aromatic rings. The van der Waals surface area contributed by atoms with Crippen LogP contribution >= 0.6 is 0 Å². The van der Waals surface area contributed by atoms with E-state index in [1.807, 2.05) is 36.4 Å². The highest BCUT2D eigenvalue weighted by Gasteiger charge is 2.29. The monoisotopic (exact) mass is 428 g/mol. The van der Waals surface area contributed by atoms with Gasteiger partial charge in [0.25, 0.3) is 6.43 Å². The Morgan fingerprint density at radius 3 is 2.45 bits per heavy atom. The third kappa shape index (κ3) is 4.38. The van der Waals surface area contributed by atoms with Gasteiger partial charge in [-0.3, -0.25) is 4.90 Å². The van der Waals surface area contributed by atoms with Crippen LogP contribution in [-0.2, 0) is 4.74 Å². The fraction of sp³-hybridized carbons (Fsp3) is 0.364. The number of hydrogen-bond donors (Lipinski definition) is 1. The number of rotatable bonds is 6. The van der Waals surface area contributed by atoms with Crippen molar-refractivity contribution in [2.75, 3.05) is 49.6 Å². The van der Waals surface area contributed by atoms with Crippen molar-refractivity contribution in [2.45, 2.75) is 12.5 Å². The molecule has 2 aromatic carbocycles. The number of halogens is 2. The van der Waals surface area contributed by atoms with Gasteiger partial charge in [0, 0.05) is 44.5 Å². The maximum absolute atomic E-state index is 13.6. The lowest BCUT2D eigenvalue weighted by molar-refractivity contribution is -0.0660. The van der Waals surface area contributed by atoms with E-state index in [9.17, 15) is 8.78 Å². The number of hydrogen-bond acceptors (Lipinski definition) is 6. The summed E-state index contributed by atoms with van der Waals surface area (Å²) in [6.07, 6.45) is -0.956. The summed E-state index contributed by atoms with van der Waals surface area (Å²) in [5.74, 6) is 0.357. The fourth-order valence-electron chi connectivity index (χ4n) is 3.95. The van der Waals surface area contributed by atoms with Crippen molar-refractivity contribution in [3.05, 3.63) is 60.4 Å². The molecular weight excluding hydrogens is 402 g/mol. The normalized spacial score (nSPS) is 17.7. The summed E-state index contributed by atoms with van der Waals surface area (Å²) < 4.78 is 34.1. The smallest absolute Gasteiger partial charge is 0.263 e. The minimum absolute atomic E-state index is 0. The van der Waals surface area contributed by atoms with Crippen LogP contribution in [-0.4, -0.2) is 65.1 Å². The van der Waals surface area contributed by atoms with E-state index in [0.717, 1.165) is 50.8 Å². The molecule has 164 valence electrons. The molecule has 0 spiro atoms. The van der Waals surface area contributed by atoms with Crippen LogP contribution in [0.2, 0.25) is 0 Å². The van der Waals surface area contributed by atoms with Crippen LogP contribution in [0.3, 0.4) is 0 Å². The molecule has 2 aliphatic heterocycles. The van der Waals surface area contributed by atoms with Crippen molar-refractivity contribution >= 4 is 17.3 Å². The van der Waals surface area contributed by atoms with E-state index in [1.54, 1.807) is 17.1 Å². The van der Waals surface area contributed by atoms with Crippen molar-refractivity contribution in [3.63, 3.8) is 0 Å². The summed E-state index contributed by atoms with van der Waals surface area (Å²) in [6.45, 7) is 4.97. The zero-order valence-corrected chi connectivity index (χ0v) is 17.0. The van der Waals surface area contributed by atoms with Gasteiger partial charge in [0.15, 0.2) is 0 Å². The molecule has 9 heteroatoms. The molecule has 31 heavy (non-hydrogen) atoms. The average molecular weight is 428 g/mol. The summed E-state index contributed by atoms with van der Waals surface area (Å²) >= 11 is 0. The Labute approximate surface area is 180 Å². The Bertz CT molecular complexity index is 1020. The van der Waals surface area contributed by atoms with Crippen molar-refractivity contribution in [3.8, 4) is 5.69 Å². The molecular formula is C22H26F2N6O. The number of nitrogens with zero attached hydrogens (tertiary/aromatic N) is 5. The van der Waals surface area contributed by atoms with Crippen LogP contribution in [0.4, 0.5) is 26.1 Å². The summed E-state index contributed by atoms with van der Waals surface area (Å²) in [7, 11) is 0. The summed E-state index contributed by atoms with van der Waals surface area (Å²) in [5, 5.41) is 7.50. The van der Waals surface area contributed by atoms with Crippen LogP contribution in [0.1, 0.15) is 13.4 Å². The van der Waals surface area contributed by atoms with Crippen molar-refractivity contribution < 1.29 is 14.9 Å². The van der Waals surface area contributed by atoms with E-state index in [0.29, 0.717) is 17.7 Å². The molecule has 2 fully saturated rings. The van der Waals surface area contributed by atoms with Gasteiger partial charge in [0.2, 0.25) is 5.95 Å². The first-order chi connectivity index (χ1) is 15.2. The molecule has 7 nitrogen and oxygen atoms in total. The SMILES string of the molecule is FC(F)c1cc(Nc2ncn(-c3ccccc3)n2)cc(N2CCN(C3COC3)CC2)c1.[HH]. The summed E-state index contributed by atoms with van der Waals surface area (Å²) in [4.78, 5) is 8.84. The quantitative estimate of drug-likeness (QED) is 0.646. The largest absolute Gasteiger partial charge is 0.378 e. The van der Waals surface area contributed by atoms with Crippen molar-refractivity contribution in [1.82, 2.24) is 19.7 Å². The zero-order valence-electron chi connectivity index (χ0n) is 17.0. The minimum Gasteiger partial charge on any atom is -0.378 e. The third-order valence-corrected chi connectivity index (χ3v) is 5.78. The molecule has 0 radical (unpaired) electrons. The molecule has 0 amide bonds. The van der Waals surface area contributed by atoms with Gasteiger partial charge in [-0.2, -0.15) is 4.98 Å². The molecule has 0 unspecified atom stereocenters. The number of alkyl halides is 2. The molecule has 0 aliphatic carbocycles. The van der Waals surface area contributed by atoms with Crippen LogP contribution < -0.4 is 10.2 Å². The standard InChI is InChI=1S/C22H24F2N6O.H2/c23-21(24)16-10-17(26-22-25-15-30(27-22)18-4-2-1-3-5-18)12-19(11-16)28-6-8-29(9-7-28)20-13-31-14-20;/h1-5,10-12,15,20-21H,6-9,13-14H2,(H,26,27);1H. The maximum atomic E-state index is 13.6. The predicted molar refractivity (Wildman–Crippen MR) is 117 cm³/mol. The van der Waals surface area contributed by atoms with E-state index in [1.165, 1.54) is 6.07 Å². The zero-order chi connectivity index (χ0) is 21.2. The highest BCUT2D eigenvalue weighted by Crippen LogP contribution is 2.30. The second kappa shape index (κ2) is 8.60. The van der Waals surface area contributed by atoms with Gasteiger partial charge < -0.3 is 15.0 Å². The Balaban J connectivity index is 0.00000245. The van der Waals surface area contributed by atoms with Gasteiger partial charge >= 0.3 is 0 Å². The van der Waals surface area contributed by atoms with Gasteiger partial charge in [0.1, 0.15) is 6.33 Å². The number of nitrogens with one attached hydrogen (secondary N) is 1. The molecule has 2 aliphatic rings. The lowest BCUT2D eigenvalue weighted by Crippen LogP contribution is -2.56. The van der Waals surface area contributed by atoms with Gasteiger partial charge in [-0.05, 0) is 30.3 Å². The molecule has 0 saturated carbocycles. The van der Waals surface area contributed by atoms with E-state index in [-0.39, 0.29) is 6.99 Å². The lowest BCUT2D eigenvalue weighted by Gasteiger charge is -2.43. The van der Waals surface area contributed by atoms with Crippen LogP contribution in [0, 0.1) is 0 Å². The topological polar surface area (TPSA) is 58.5 Å². The summed E-state index contributed by atoms with van der Waals surface area (Å²) in [6, 6.07) is 15.0. The van der Waals surface area contributed by atoms with Gasteiger partial charge in [-0.1, -0.05) is 18.2 Å². The maximum Gasteiger partial charge on any atom is 0.263 e. The highest BCUT2D eigenvalue weighted by atomic mass is 19.3. The minimum atomic E-state index is -2.55. The fourth-order valence-corrected chi connectivity index (χ4v) is 3.95. The molecule has 0 atom stereocenters. The predicted octanol–water partition coefficient (Wildman–Crippen LogP) is 3.72. The first kappa shape index (κ1) is 19.9. The van der Waals surface area contributed by atoms with Crippen molar-refractivity contribution in [2.24, 2.45) is 0 Å². The van der Waals surface area contributed by atoms with Gasteiger partial charge in [-0.15, -0.1) is 5.10 Å². The third-order valence-electron chi connectivity index (χ3n) is 5.78.